The SMILES string of the molecule is CCc1nc2c(ncn2[C@H]2O[C@H](COP(=O)(OCCSC(C)=O)N(C)C)[C@](C)(O)C2F)c(=O)[nH]1. The van der Waals surface area contributed by atoms with Crippen LogP contribution < -0.4 is 5.56 Å². The molecule has 1 aliphatic heterocycles. The van der Waals surface area contributed by atoms with Crippen molar-refractivity contribution >= 4 is 35.8 Å². The Morgan fingerprint density at radius 3 is 2.79 bits per heavy atom. The van der Waals surface area contributed by atoms with E-state index in [1.165, 1.54) is 43.5 Å². The van der Waals surface area contributed by atoms with Crippen molar-refractivity contribution in [2.45, 2.75) is 51.3 Å². The third kappa shape index (κ3) is 5.43. The molecule has 2 unspecified atom stereocenters. The smallest absolute Gasteiger partial charge is 0.384 e. The van der Waals surface area contributed by atoms with E-state index in [9.17, 15) is 19.3 Å². The first-order chi connectivity index (χ1) is 15.9. The van der Waals surface area contributed by atoms with Crippen LogP contribution in [0.2, 0.25) is 0 Å². The van der Waals surface area contributed by atoms with Crippen molar-refractivity contribution in [3.63, 3.8) is 0 Å². The van der Waals surface area contributed by atoms with Crippen molar-refractivity contribution in [1.29, 1.82) is 0 Å². The zero-order chi connectivity index (χ0) is 25.3. The lowest BCUT2D eigenvalue weighted by Gasteiger charge is -2.28. The molecule has 1 saturated heterocycles. The minimum Gasteiger partial charge on any atom is -0.384 e. The summed E-state index contributed by atoms with van der Waals surface area (Å²) < 4.78 is 47.6. The van der Waals surface area contributed by atoms with Gasteiger partial charge in [0.15, 0.2) is 28.7 Å². The van der Waals surface area contributed by atoms with Gasteiger partial charge in [0.1, 0.15) is 17.5 Å². The molecular weight excluding hydrogens is 492 g/mol. The number of hydrogen-bond donors (Lipinski definition) is 2. The zero-order valence-corrected chi connectivity index (χ0v) is 21.3. The van der Waals surface area contributed by atoms with Gasteiger partial charge in [-0.2, -0.15) is 0 Å². The number of halogens is 1. The van der Waals surface area contributed by atoms with Crippen LogP contribution in [-0.4, -0.2) is 85.3 Å². The topological polar surface area (TPSA) is 149 Å². The van der Waals surface area contributed by atoms with Crippen molar-refractivity contribution in [2.24, 2.45) is 0 Å². The average molecular weight is 522 g/mol. The van der Waals surface area contributed by atoms with Crippen molar-refractivity contribution < 1.29 is 32.6 Å². The number of fused-ring (bicyclic) bond motifs is 1. The Morgan fingerprint density at radius 2 is 2.18 bits per heavy atom. The van der Waals surface area contributed by atoms with Gasteiger partial charge >= 0.3 is 7.75 Å². The number of hydrogen-bond acceptors (Lipinski definition) is 10. The van der Waals surface area contributed by atoms with E-state index in [0.29, 0.717) is 12.2 Å². The van der Waals surface area contributed by atoms with Gasteiger partial charge in [-0.05, 0) is 21.0 Å². The van der Waals surface area contributed by atoms with E-state index in [1.807, 2.05) is 0 Å². The number of nitrogens with one attached hydrogen (secondary N) is 1. The van der Waals surface area contributed by atoms with Crippen molar-refractivity contribution in [1.82, 2.24) is 24.2 Å². The van der Waals surface area contributed by atoms with E-state index < -0.39 is 44.0 Å². The lowest BCUT2D eigenvalue weighted by molar-refractivity contribution is -0.109. The fraction of sp³-hybridized carbons (Fsp3) is 0.684. The quantitative estimate of drug-likeness (QED) is 0.347. The van der Waals surface area contributed by atoms with Crippen LogP contribution >= 0.6 is 19.5 Å². The molecule has 190 valence electrons. The first-order valence-corrected chi connectivity index (χ1v) is 13.1. The fourth-order valence-corrected chi connectivity index (χ4v) is 5.11. The molecule has 1 aliphatic rings. The zero-order valence-electron chi connectivity index (χ0n) is 19.6. The van der Waals surface area contributed by atoms with Gasteiger partial charge in [-0.3, -0.25) is 23.2 Å². The Labute approximate surface area is 199 Å². The summed E-state index contributed by atoms with van der Waals surface area (Å²) in [6.45, 7) is 4.00. The number of imidazole rings is 1. The average Bonchev–Trinajstić information content (AvgIpc) is 3.28. The van der Waals surface area contributed by atoms with Gasteiger partial charge in [-0.15, -0.1) is 0 Å². The number of aromatic amines is 1. The predicted molar refractivity (Wildman–Crippen MR) is 123 cm³/mol. The van der Waals surface area contributed by atoms with Crippen LogP contribution in [0.25, 0.3) is 11.2 Å². The van der Waals surface area contributed by atoms with E-state index in [2.05, 4.69) is 15.0 Å². The van der Waals surface area contributed by atoms with Gasteiger partial charge in [0, 0.05) is 19.1 Å². The maximum absolute atomic E-state index is 15.4. The molecule has 1 fully saturated rings. The van der Waals surface area contributed by atoms with Crippen LogP contribution in [-0.2, 0) is 29.6 Å². The van der Waals surface area contributed by atoms with Gasteiger partial charge in [-0.1, -0.05) is 18.7 Å². The van der Waals surface area contributed by atoms with Crippen LogP contribution in [0.1, 0.15) is 32.8 Å². The highest BCUT2D eigenvalue weighted by Crippen LogP contribution is 2.51. The number of carbonyl (C=O) groups excluding carboxylic acids is 1. The van der Waals surface area contributed by atoms with Crippen LogP contribution in [0.3, 0.4) is 0 Å². The molecule has 0 spiro atoms. The lowest BCUT2D eigenvalue weighted by Crippen LogP contribution is -2.44. The minimum atomic E-state index is -3.80. The number of thioether (sulfide) groups is 1. The Bertz CT molecular complexity index is 1140. The van der Waals surface area contributed by atoms with E-state index in [1.54, 1.807) is 6.92 Å². The number of aliphatic hydroxyl groups is 1. The minimum absolute atomic E-state index is 0.0151. The van der Waals surface area contributed by atoms with Crippen LogP contribution in [0.15, 0.2) is 11.1 Å². The van der Waals surface area contributed by atoms with Crippen molar-refractivity contribution in [3.05, 3.63) is 22.5 Å². The summed E-state index contributed by atoms with van der Waals surface area (Å²) in [6, 6.07) is 0. The standard InChI is InChI=1S/C19H29FN5O7PS/c1-6-13-22-16-14(17(27)23-13)21-10-25(16)18-15(20)19(3,28)12(32-18)9-31-33(29,24(4)5)30-7-8-34-11(2)26/h10,12,15,18,28H,6-9H2,1-5H3,(H,22,23,27)/t12-,15?,18+,19+,33?/m1/s1. The first kappa shape index (κ1) is 26.9. The highest BCUT2D eigenvalue weighted by molar-refractivity contribution is 8.13. The van der Waals surface area contributed by atoms with E-state index in [-0.39, 0.29) is 28.6 Å². The molecule has 0 aliphatic carbocycles. The van der Waals surface area contributed by atoms with Crippen molar-refractivity contribution in [2.75, 3.05) is 33.1 Å². The number of aryl methyl sites for hydroxylation is 1. The number of alkyl halides is 1. The third-order valence-electron chi connectivity index (χ3n) is 5.38. The fourth-order valence-electron chi connectivity index (χ4n) is 3.35. The van der Waals surface area contributed by atoms with E-state index >= 15 is 4.39 Å². The molecule has 5 atom stereocenters. The summed E-state index contributed by atoms with van der Waals surface area (Å²) in [6.07, 6.45) is -2.83. The first-order valence-electron chi connectivity index (χ1n) is 10.6. The van der Waals surface area contributed by atoms with Gasteiger partial charge in [0.05, 0.1) is 19.5 Å². The monoisotopic (exact) mass is 521 g/mol. The molecule has 2 N–H and O–H groups in total. The summed E-state index contributed by atoms with van der Waals surface area (Å²) in [7, 11) is -0.827. The summed E-state index contributed by atoms with van der Waals surface area (Å²) >= 11 is 1.02. The molecule has 2 aromatic heterocycles. The summed E-state index contributed by atoms with van der Waals surface area (Å²) in [5, 5.41) is 10.7. The normalized spacial score (nSPS) is 26.9. The number of H-pyrrole nitrogens is 1. The third-order valence-corrected chi connectivity index (χ3v) is 8.12. The van der Waals surface area contributed by atoms with Crippen LogP contribution in [0.4, 0.5) is 4.39 Å². The van der Waals surface area contributed by atoms with Gasteiger partial charge < -0.3 is 14.8 Å². The Morgan fingerprint density at radius 1 is 1.47 bits per heavy atom. The number of rotatable bonds is 10. The molecule has 12 nitrogen and oxygen atoms in total. The maximum atomic E-state index is 15.4. The summed E-state index contributed by atoms with van der Waals surface area (Å²) in [4.78, 5) is 34.2. The number of ether oxygens (including phenoxy) is 1. The second kappa shape index (κ2) is 10.5. The van der Waals surface area contributed by atoms with Crippen molar-refractivity contribution in [3.8, 4) is 0 Å². The van der Waals surface area contributed by atoms with E-state index in [0.717, 1.165) is 11.8 Å². The molecular formula is C19H29FN5O7PS. The maximum Gasteiger partial charge on any atom is 0.407 e. The highest BCUT2D eigenvalue weighted by atomic mass is 32.2. The number of carbonyl (C=O) groups is 1. The summed E-state index contributed by atoms with van der Waals surface area (Å²) in [5.74, 6) is 0.675. The molecule has 0 bridgehead atoms. The second-order valence-electron chi connectivity index (χ2n) is 8.12. The largest absolute Gasteiger partial charge is 0.407 e. The Balaban J connectivity index is 1.78. The van der Waals surface area contributed by atoms with Gasteiger partial charge in [0.25, 0.3) is 5.56 Å². The predicted octanol–water partition coefficient (Wildman–Crippen LogP) is 1.65. The molecule has 3 rings (SSSR count). The number of nitrogens with zero attached hydrogens (tertiary/aromatic N) is 4. The molecule has 2 aromatic rings. The molecule has 0 amide bonds. The molecule has 34 heavy (non-hydrogen) atoms. The van der Waals surface area contributed by atoms with Crippen LogP contribution in [0.5, 0.6) is 0 Å². The van der Waals surface area contributed by atoms with E-state index in [4.69, 9.17) is 13.8 Å². The molecule has 3 heterocycles. The summed E-state index contributed by atoms with van der Waals surface area (Å²) in [5.41, 5.74) is -2.35. The second-order valence-corrected chi connectivity index (χ2v) is 11.6. The van der Waals surface area contributed by atoms with Gasteiger partial charge in [0.2, 0.25) is 0 Å². The molecule has 0 aromatic carbocycles. The molecule has 0 saturated carbocycles. The highest BCUT2D eigenvalue weighted by Gasteiger charge is 2.55. The van der Waals surface area contributed by atoms with Crippen LogP contribution in [0, 0.1) is 0 Å². The number of aromatic nitrogens is 4. The molecule has 15 heteroatoms. The Kier molecular flexibility index (Phi) is 8.33. The lowest BCUT2D eigenvalue weighted by atomic mass is 9.96. The molecule has 0 radical (unpaired) electrons. The Hall–Kier alpha value is -1.67. The van der Waals surface area contributed by atoms with Gasteiger partial charge in [-0.25, -0.2) is 23.6 Å².